The fourth-order valence-electron chi connectivity index (χ4n) is 4.79. The molecular weight excluding hydrogens is 369 g/mol. The van der Waals surface area contributed by atoms with Gasteiger partial charge in [-0.2, -0.15) is 13.2 Å². The molecule has 2 nitrogen and oxygen atoms in total. The van der Waals surface area contributed by atoms with Gasteiger partial charge in [-0.1, -0.05) is 23.9 Å². The zero-order valence-electron chi connectivity index (χ0n) is 14.8. The summed E-state index contributed by atoms with van der Waals surface area (Å²) in [7, 11) is 0. The van der Waals surface area contributed by atoms with Crippen LogP contribution in [-0.4, -0.2) is 12.1 Å². The maximum absolute atomic E-state index is 13.5. The van der Waals surface area contributed by atoms with Crippen molar-refractivity contribution in [2.24, 2.45) is 5.92 Å². The molecule has 0 radical (unpaired) electrons. The average Bonchev–Trinajstić information content (AvgIpc) is 2.97. The molecule has 2 fully saturated rings. The predicted octanol–water partition coefficient (Wildman–Crippen LogP) is 5.99. The molecule has 6 heteroatoms. The molecule has 0 amide bonds. The number of hydrogen-bond acceptors (Lipinski definition) is 3. The van der Waals surface area contributed by atoms with Crippen molar-refractivity contribution in [3.63, 3.8) is 0 Å². The molecule has 3 aliphatic heterocycles. The Labute approximate surface area is 160 Å². The van der Waals surface area contributed by atoms with Crippen molar-refractivity contribution in [2.75, 3.05) is 5.32 Å². The number of alkyl halides is 3. The highest BCUT2D eigenvalue weighted by atomic mass is 32.2. The molecule has 2 unspecified atom stereocenters. The molecule has 27 heavy (non-hydrogen) atoms. The Bertz CT molecular complexity index is 868. The second kappa shape index (κ2) is 6.45. The maximum atomic E-state index is 13.5. The third-order valence-electron chi connectivity index (χ3n) is 5.96. The fourth-order valence-corrected chi connectivity index (χ4v) is 5.87. The summed E-state index contributed by atoms with van der Waals surface area (Å²) in [6, 6.07) is 11.5. The zero-order valence-corrected chi connectivity index (χ0v) is 15.6. The van der Waals surface area contributed by atoms with Gasteiger partial charge in [0, 0.05) is 21.9 Å². The van der Waals surface area contributed by atoms with Crippen LogP contribution in [0.15, 0.2) is 46.2 Å². The minimum Gasteiger partial charge on any atom is -0.353 e. The van der Waals surface area contributed by atoms with E-state index < -0.39 is 11.7 Å². The Balaban J connectivity index is 1.52. The van der Waals surface area contributed by atoms with Crippen molar-refractivity contribution in [3.8, 4) is 0 Å². The number of benzene rings is 2. The van der Waals surface area contributed by atoms with Gasteiger partial charge in [0.1, 0.15) is 0 Å². The molecule has 3 heterocycles. The summed E-state index contributed by atoms with van der Waals surface area (Å²) in [6.45, 7) is 0. The van der Waals surface area contributed by atoms with E-state index in [1.807, 2.05) is 24.3 Å². The van der Waals surface area contributed by atoms with Crippen molar-refractivity contribution < 1.29 is 13.2 Å². The molecule has 5 rings (SSSR count). The van der Waals surface area contributed by atoms with Crippen molar-refractivity contribution in [1.82, 2.24) is 5.32 Å². The smallest absolute Gasteiger partial charge is 0.353 e. The molecule has 0 aliphatic carbocycles. The van der Waals surface area contributed by atoms with Gasteiger partial charge in [0.15, 0.2) is 0 Å². The van der Waals surface area contributed by atoms with Gasteiger partial charge in [-0.3, -0.25) is 0 Å². The average molecular weight is 390 g/mol. The number of fused-ring (bicyclic) bond motifs is 4. The highest BCUT2D eigenvalue weighted by Gasteiger charge is 2.36. The van der Waals surface area contributed by atoms with Crippen LogP contribution in [0.4, 0.5) is 24.5 Å². The van der Waals surface area contributed by atoms with E-state index in [1.54, 1.807) is 0 Å². The molecule has 0 spiro atoms. The number of halogens is 3. The van der Waals surface area contributed by atoms with Crippen LogP contribution in [0.3, 0.4) is 0 Å². The minimum atomic E-state index is -4.32. The Morgan fingerprint density at radius 3 is 2.48 bits per heavy atom. The van der Waals surface area contributed by atoms with E-state index in [9.17, 15) is 13.2 Å². The quantitative estimate of drug-likeness (QED) is 0.562. The topological polar surface area (TPSA) is 24.1 Å². The van der Waals surface area contributed by atoms with Gasteiger partial charge < -0.3 is 10.6 Å². The SMILES string of the molecule is FC(F)(F)c1cc(CC2CC3CCC(C2)N3)c2c(c1)Sc1ccccc1N2. The first-order valence-electron chi connectivity index (χ1n) is 9.50. The van der Waals surface area contributed by atoms with E-state index in [4.69, 9.17) is 0 Å². The third kappa shape index (κ3) is 3.34. The first kappa shape index (κ1) is 17.4. The Morgan fingerprint density at radius 1 is 1.00 bits per heavy atom. The van der Waals surface area contributed by atoms with Crippen LogP contribution >= 0.6 is 11.8 Å². The lowest BCUT2D eigenvalue weighted by Gasteiger charge is -2.31. The molecule has 2 atom stereocenters. The first-order chi connectivity index (χ1) is 13.0. The van der Waals surface area contributed by atoms with E-state index in [1.165, 1.54) is 36.7 Å². The largest absolute Gasteiger partial charge is 0.416 e. The number of nitrogens with one attached hydrogen (secondary N) is 2. The van der Waals surface area contributed by atoms with Crippen LogP contribution < -0.4 is 10.6 Å². The predicted molar refractivity (Wildman–Crippen MR) is 102 cm³/mol. The summed E-state index contributed by atoms with van der Waals surface area (Å²) in [5, 5.41) is 7.03. The van der Waals surface area contributed by atoms with Gasteiger partial charge in [-0.25, -0.2) is 0 Å². The molecule has 142 valence electrons. The normalized spacial score (nSPS) is 26.3. The van der Waals surface area contributed by atoms with Crippen molar-refractivity contribution in [2.45, 2.75) is 60.2 Å². The maximum Gasteiger partial charge on any atom is 0.416 e. The molecule has 0 aromatic heterocycles. The number of rotatable bonds is 2. The molecule has 2 saturated heterocycles. The summed E-state index contributed by atoms with van der Waals surface area (Å²) in [5.74, 6) is 0.445. The van der Waals surface area contributed by atoms with E-state index in [0.29, 0.717) is 29.3 Å². The van der Waals surface area contributed by atoms with Crippen LogP contribution in [0, 0.1) is 5.92 Å². The van der Waals surface area contributed by atoms with Gasteiger partial charge in [0.2, 0.25) is 0 Å². The van der Waals surface area contributed by atoms with Gasteiger partial charge in [-0.05, 0) is 67.9 Å². The van der Waals surface area contributed by atoms with Crippen LogP contribution in [0.2, 0.25) is 0 Å². The zero-order chi connectivity index (χ0) is 18.6. The third-order valence-corrected chi connectivity index (χ3v) is 7.07. The standard InChI is InChI=1S/C21H21F3N2S/c22-21(23,24)14-10-13(7-12-8-15-5-6-16(9-12)25-15)20-19(11-14)27-18-4-2-1-3-17(18)26-20/h1-4,10-12,15-16,25-26H,5-9H2. The summed E-state index contributed by atoms with van der Waals surface area (Å²) in [6.07, 6.45) is 0.897. The fraction of sp³-hybridized carbons (Fsp3) is 0.429. The number of anilines is 2. The number of hydrogen-bond donors (Lipinski definition) is 2. The van der Waals surface area contributed by atoms with Gasteiger partial charge in [-0.15, -0.1) is 0 Å². The van der Waals surface area contributed by atoms with Crippen molar-refractivity contribution in [1.29, 1.82) is 0 Å². The Morgan fingerprint density at radius 2 is 1.74 bits per heavy atom. The lowest BCUT2D eigenvalue weighted by atomic mass is 9.86. The van der Waals surface area contributed by atoms with E-state index in [0.717, 1.165) is 34.7 Å². The summed E-state index contributed by atoms with van der Waals surface area (Å²) >= 11 is 1.43. The van der Waals surface area contributed by atoms with Crippen LogP contribution in [0.5, 0.6) is 0 Å². The lowest BCUT2D eigenvalue weighted by molar-refractivity contribution is -0.137. The minimum absolute atomic E-state index is 0.445. The monoisotopic (exact) mass is 390 g/mol. The Kier molecular flexibility index (Phi) is 4.17. The second-order valence-electron chi connectivity index (χ2n) is 7.91. The molecular formula is C21H21F3N2S. The van der Waals surface area contributed by atoms with E-state index in [2.05, 4.69) is 10.6 Å². The second-order valence-corrected chi connectivity index (χ2v) is 8.99. The molecule has 2 aromatic carbocycles. The van der Waals surface area contributed by atoms with Crippen LogP contribution in [-0.2, 0) is 12.6 Å². The highest BCUT2D eigenvalue weighted by Crippen LogP contribution is 2.48. The summed E-state index contributed by atoms with van der Waals surface area (Å²) < 4.78 is 40.5. The Hall–Kier alpha value is -1.66. The van der Waals surface area contributed by atoms with Crippen molar-refractivity contribution in [3.05, 3.63) is 47.5 Å². The highest BCUT2D eigenvalue weighted by molar-refractivity contribution is 7.99. The summed E-state index contributed by atoms with van der Waals surface area (Å²) in [5.41, 5.74) is 2.09. The van der Waals surface area contributed by atoms with Gasteiger partial charge in [0.25, 0.3) is 0 Å². The summed E-state index contributed by atoms with van der Waals surface area (Å²) in [4.78, 5) is 1.64. The van der Waals surface area contributed by atoms with Gasteiger partial charge >= 0.3 is 6.18 Å². The number of para-hydroxylation sites is 1. The number of piperidine rings is 1. The van der Waals surface area contributed by atoms with Gasteiger partial charge in [0.05, 0.1) is 16.9 Å². The molecule has 2 aromatic rings. The van der Waals surface area contributed by atoms with Crippen LogP contribution in [0.1, 0.15) is 36.8 Å². The van der Waals surface area contributed by atoms with E-state index >= 15 is 0 Å². The van der Waals surface area contributed by atoms with E-state index in [-0.39, 0.29) is 0 Å². The van der Waals surface area contributed by atoms with Crippen molar-refractivity contribution >= 4 is 23.1 Å². The molecule has 2 N–H and O–H groups in total. The molecule has 3 aliphatic rings. The first-order valence-corrected chi connectivity index (χ1v) is 10.3. The van der Waals surface area contributed by atoms with Crippen LogP contribution in [0.25, 0.3) is 0 Å². The lowest BCUT2D eigenvalue weighted by Crippen LogP contribution is -2.38. The molecule has 0 saturated carbocycles. The molecule has 2 bridgehead atoms.